The third kappa shape index (κ3) is 3.05. The molecule has 2 aromatic rings. The molecule has 4 amide bonds. The molecule has 0 aliphatic carbocycles. The number of methoxy groups -OCH3 is 1. The third-order valence-corrected chi connectivity index (χ3v) is 5.14. The summed E-state index contributed by atoms with van der Waals surface area (Å²) >= 11 is 0. The summed E-state index contributed by atoms with van der Waals surface area (Å²) in [7, 11) is 1.64. The maximum atomic E-state index is 12.8. The number of carbonyl (C=O) groups excluding carboxylic acids is 2. The van der Waals surface area contributed by atoms with Crippen molar-refractivity contribution in [1.82, 2.24) is 10.2 Å². The molecule has 7 heteroatoms. The van der Waals surface area contributed by atoms with Crippen molar-refractivity contribution in [3.63, 3.8) is 0 Å². The lowest BCUT2D eigenvalue weighted by Gasteiger charge is -2.21. The normalized spacial score (nSPS) is 15.6. The van der Waals surface area contributed by atoms with Gasteiger partial charge in [0.1, 0.15) is 5.75 Å². The zero-order valence-corrected chi connectivity index (χ0v) is 15.4. The molecule has 2 heterocycles. The summed E-state index contributed by atoms with van der Waals surface area (Å²) in [5.41, 5.74) is 4.55. The average Bonchev–Trinajstić information content (AvgIpc) is 3.29. The van der Waals surface area contributed by atoms with Gasteiger partial charge >= 0.3 is 12.1 Å². The van der Waals surface area contributed by atoms with E-state index in [1.807, 2.05) is 43.3 Å². The predicted molar refractivity (Wildman–Crippen MR) is 103 cm³/mol. The zero-order chi connectivity index (χ0) is 19.0. The molecule has 0 aromatic heterocycles. The summed E-state index contributed by atoms with van der Waals surface area (Å²) in [5.74, 6) is 0.807. The van der Waals surface area contributed by atoms with Crippen molar-refractivity contribution in [2.45, 2.75) is 20.0 Å². The lowest BCUT2D eigenvalue weighted by molar-refractivity contribution is 0.212. The number of urea groups is 2. The van der Waals surface area contributed by atoms with Crippen LogP contribution in [0.5, 0.6) is 5.75 Å². The van der Waals surface area contributed by atoms with Crippen LogP contribution in [0.3, 0.4) is 0 Å². The molecule has 2 aliphatic heterocycles. The Morgan fingerprint density at radius 2 is 2.00 bits per heavy atom. The number of benzene rings is 2. The number of anilines is 2. The molecule has 0 bridgehead atoms. The van der Waals surface area contributed by atoms with Crippen molar-refractivity contribution in [3.8, 4) is 5.75 Å². The minimum atomic E-state index is -0.167. The lowest BCUT2D eigenvalue weighted by Crippen LogP contribution is -2.31. The Morgan fingerprint density at radius 1 is 1.19 bits per heavy atom. The SMILES string of the molecule is COc1cccc2c1CN(C(=O)Nc1cccc(N3CCNC3=O)c1C)C2. The number of carbonyl (C=O) groups is 2. The highest BCUT2D eigenvalue weighted by molar-refractivity contribution is 5.97. The van der Waals surface area contributed by atoms with Crippen LogP contribution >= 0.6 is 0 Å². The van der Waals surface area contributed by atoms with E-state index < -0.39 is 0 Å². The molecule has 27 heavy (non-hydrogen) atoms. The summed E-state index contributed by atoms with van der Waals surface area (Å²) < 4.78 is 5.40. The molecule has 0 unspecified atom stereocenters. The van der Waals surface area contributed by atoms with Crippen LogP contribution in [-0.2, 0) is 13.1 Å². The zero-order valence-electron chi connectivity index (χ0n) is 15.4. The summed E-state index contributed by atoms with van der Waals surface area (Å²) in [4.78, 5) is 28.2. The Morgan fingerprint density at radius 3 is 2.74 bits per heavy atom. The van der Waals surface area contributed by atoms with E-state index in [9.17, 15) is 9.59 Å². The molecule has 1 saturated heterocycles. The summed E-state index contributed by atoms with van der Waals surface area (Å²) in [6.45, 7) is 4.23. The van der Waals surface area contributed by atoms with Gasteiger partial charge in [0.05, 0.1) is 19.3 Å². The third-order valence-electron chi connectivity index (χ3n) is 5.14. The summed E-state index contributed by atoms with van der Waals surface area (Å²) in [6, 6.07) is 11.2. The van der Waals surface area contributed by atoms with Crippen molar-refractivity contribution in [1.29, 1.82) is 0 Å². The van der Waals surface area contributed by atoms with Gasteiger partial charge in [-0.15, -0.1) is 0 Å². The van der Waals surface area contributed by atoms with Gasteiger partial charge in [0.25, 0.3) is 0 Å². The average molecular weight is 366 g/mol. The second kappa shape index (κ2) is 6.83. The standard InChI is InChI=1S/C20H22N4O3/c1-13-16(6-4-7-17(13)24-10-9-21-19(24)25)22-20(26)23-11-14-5-3-8-18(27-2)15(14)12-23/h3-8H,9-12H2,1-2H3,(H,21,25)(H,22,26). The molecule has 7 nitrogen and oxygen atoms in total. The number of nitrogens with zero attached hydrogens (tertiary/aromatic N) is 2. The Bertz CT molecular complexity index is 912. The molecule has 0 radical (unpaired) electrons. The van der Waals surface area contributed by atoms with Crippen LogP contribution in [-0.4, -0.2) is 37.2 Å². The molecular formula is C20H22N4O3. The fraction of sp³-hybridized carbons (Fsp3) is 0.300. The second-order valence-corrected chi connectivity index (χ2v) is 6.72. The van der Waals surface area contributed by atoms with Crippen LogP contribution in [0.1, 0.15) is 16.7 Å². The van der Waals surface area contributed by atoms with Crippen LogP contribution in [0, 0.1) is 6.92 Å². The first-order valence-electron chi connectivity index (χ1n) is 8.94. The van der Waals surface area contributed by atoms with Crippen LogP contribution in [0.15, 0.2) is 36.4 Å². The molecule has 0 saturated carbocycles. The van der Waals surface area contributed by atoms with Crippen molar-refractivity contribution in [2.75, 3.05) is 30.4 Å². The first kappa shape index (κ1) is 17.2. The lowest BCUT2D eigenvalue weighted by atomic mass is 10.1. The Kier molecular flexibility index (Phi) is 4.35. The van der Waals surface area contributed by atoms with Crippen molar-refractivity contribution < 1.29 is 14.3 Å². The molecule has 4 rings (SSSR count). The topological polar surface area (TPSA) is 73.9 Å². The summed E-state index contributed by atoms with van der Waals surface area (Å²) in [6.07, 6.45) is 0. The Balaban J connectivity index is 1.52. The predicted octanol–water partition coefficient (Wildman–Crippen LogP) is 3.08. The number of nitrogens with one attached hydrogen (secondary N) is 2. The monoisotopic (exact) mass is 366 g/mol. The van der Waals surface area contributed by atoms with E-state index in [-0.39, 0.29) is 12.1 Å². The van der Waals surface area contributed by atoms with Gasteiger partial charge in [0, 0.05) is 30.9 Å². The molecule has 2 aromatic carbocycles. The number of hydrogen-bond donors (Lipinski definition) is 2. The Hall–Kier alpha value is -3.22. The minimum Gasteiger partial charge on any atom is -0.496 e. The van der Waals surface area contributed by atoms with Crippen LogP contribution in [0.2, 0.25) is 0 Å². The molecule has 1 fully saturated rings. The number of amides is 4. The van der Waals surface area contributed by atoms with Gasteiger partial charge in [-0.3, -0.25) is 4.90 Å². The molecule has 2 N–H and O–H groups in total. The van der Waals surface area contributed by atoms with Gasteiger partial charge < -0.3 is 20.3 Å². The second-order valence-electron chi connectivity index (χ2n) is 6.72. The largest absolute Gasteiger partial charge is 0.496 e. The molecule has 2 aliphatic rings. The minimum absolute atomic E-state index is 0.108. The highest BCUT2D eigenvalue weighted by Gasteiger charge is 2.27. The van der Waals surface area contributed by atoms with E-state index >= 15 is 0 Å². The van der Waals surface area contributed by atoms with E-state index in [0.29, 0.717) is 31.9 Å². The maximum Gasteiger partial charge on any atom is 0.322 e. The van der Waals surface area contributed by atoms with Gasteiger partial charge in [-0.05, 0) is 36.2 Å². The molecule has 140 valence electrons. The van der Waals surface area contributed by atoms with Gasteiger partial charge in [-0.1, -0.05) is 18.2 Å². The Labute approximate surface area is 157 Å². The highest BCUT2D eigenvalue weighted by atomic mass is 16.5. The molecule has 0 atom stereocenters. The first-order chi connectivity index (χ1) is 13.1. The van der Waals surface area contributed by atoms with Gasteiger partial charge in [-0.25, -0.2) is 9.59 Å². The number of ether oxygens (including phenoxy) is 1. The quantitative estimate of drug-likeness (QED) is 0.877. The van der Waals surface area contributed by atoms with Gasteiger partial charge in [-0.2, -0.15) is 0 Å². The fourth-order valence-corrected chi connectivity index (χ4v) is 3.67. The van der Waals surface area contributed by atoms with E-state index in [1.54, 1.807) is 16.9 Å². The van der Waals surface area contributed by atoms with Crippen LogP contribution < -0.4 is 20.3 Å². The number of fused-ring (bicyclic) bond motifs is 1. The highest BCUT2D eigenvalue weighted by Crippen LogP contribution is 2.32. The first-order valence-corrected chi connectivity index (χ1v) is 8.94. The maximum absolute atomic E-state index is 12.8. The number of rotatable bonds is 3. The smallest absolute Gasteiger partial charge is 0.322 e. The summed E-state index contributed by atoms with van der Waals surface area (Å²) in [5, 5.41) is 5.79. The van der Waals surface area contributed by atoms with E-state index in [2.05, 4.69) is 10.6 Å². The number of hydrogen-bond acceptors (Lipinski definition) is 3. The van der Waals surface area contributed by atoms with Gasteiger partial charge in [0.15, 0.2) is 0 Å². The molecule has 0 spiro atoms. The van der Waals surface area contributed by atoms with E-state index in [0.717, 1.165) is 28.1 Å². The van der Waals surface area contributed by atoms with E-state index in [4.69, 9.17) is 4.74 Å². The van der Waals surface area contributed by atoms with Crippen molar-refractivity contribution in [2.24, 2.45) is 0 Å². The van der Waals surface area contributed by atoms with Crippen LogP contribution in [0.4, 0.5) is 21.0 Å². The van der Waals surface area contributed by atoms with Crippen LogP contribution in [0.25, 0.3) is 0 Å². The van der Waals surface area contributed by atoms with E-state index in [1.165, 1.54) is 0 Å². The van der Waals surface area contributed by atoms with Crippen molar-refractivity contribution in [3.05, 3.63) is 53.1 Å². The fourth-order valence-electron chi connectivity index (χ4n) is 3.67. The molecular weight excluding hydrogens is 344 g/mol. The van der Waals surface area contributed by atoms with Crippen molar-refractivity contribution >= 4 is 23.4 Å². The van der Waals surface area contributed by atoms with Gasteiger partial charge in [0.2, 0.25) is 0 Å².